The van der Waals surface area contributed by atoms with E-state index in [1.165, 1.54) is 4.57 Å². The van der Waals surface area contributed by atoms with E-state index in [1.807, 2.05) is 61.5 Å². The smallest absolute Gasteiger partial charge is 0.273 e. The Morgan fingerprint density at radius 1 is 1.06 bits per heavy atom. The van der Waals surface area contributed by atoms with E-state index < -0.39 is 5.91 Å². The molecule has 1 aromatic heterocycles. The van der Waals surface area contributed by atoms with Gasteiger partial charge in [-0.15, -0.1) is 11.3 Å². The molecule has 4 aromatic rings. The minimum Gasteiger partial charge on any atom is -0.497 e. The summed E-state index contributed by atoms with van der Waals surface area (Å²) < 4.78 is 7.33. The normalized spacial score (nSPS) is 12.1. The number of aryl methyl sites for hydroxylation is 1. The average Bonchev–Trinajstić information content (AvgIpc) is 3.15. The molecule has 1 heterocycles. The summed E-state index contributed by atoms with van der Waals surface area (Å²) in [5.74, 6) is 0.0858. The Morgan fingerprint density at radius 3 is 2.53 bits per heavy atom. The van der Waals surface area contributed by atoms with Crippen molar-refractivity contribution >= 4 is 34.6 Å². The number of aromatic nitrogens is 1. The van der Waals surface area contributed by atoms with Crippen molar-refractivity contribution in [3.05, 3.63) is 110 Å². The van der Waals surface area contributed by atoms with Crippen LogP contribution in [0.1, 0.15) is 11.1 Å². The molecule has 0 bridgehead atoms. The SMILES string of the molecule is COc1cccc(C=c2sc(=C(C#N)C(=O)Nc3cccc(C)c3)n(-c3ccccc3)c2=O)c1. The maximum atomic E-state index is 13.5. The average molecular weight is 468 g/mol. The Balaban J connectivity index is 1.94. The zero-order valence-corrected chi connectivity index (χ0v) is 19.4. The standard InChI is InChI=1S/C27H21N3O3S/c1-18-8-6-10-20(14-18)29-25(31)23(17-28)27-30(21-11-4-3-5-12-21)26(32)24(34-27)16-19-9-7-13-22(15-19)33-2/h3-16H,1-2H3,(H,29,31). The van der Waals surface area contributed by atoms with Gasteiger partial charge in [0.1, 0.15) is 16.5 Å². The number of carbonyl (C=O) groups excluding carboxylic acids is 1. The van der Waals surface area contributed by atoms with Crippen molar-refractivity contribution < 1.29 is 9.53 Å². The van der Waals surface area contributed by atoms with Crippen LogP contribution >= 0.6 is 11.3 Å². The van der Waals surface area contributed by atoms with Crippen LogP contribution in [0, 0.1) is 18.3 Å². The predicted octanol–water partition coefficient (Wildman–Crippen LogP) is 3.36. The van der Waals surface area contributed by atoms with Gasteiger partial charge in [-0.2, -0.15) is 5.26 Å². The lowest BCUT2D eigenvalue weighted by atomic mass is 10.2. The summed E-state index contributed by atoms with van der Waals surface area (Å²) in [6, 6.07) is 25.6. The van der Waals surface area contributed by atoms with Crippen LogP contribution in [0.2, 0.25) is 0 Å². The molecule has 7 heteroatoms. The van der Waals surface area contributed by atoms with Crippen molar-refractivity contribution in [2.24, 2.45) is 0 Å². The number of amides is 1. The van der Waals surface area contributed by atoms with E-state index in [1.54, 1.807) is 43.5 Å². The Morgan fingerprint density at radius 2 is 1.82 bits per heavy atom. The number of rotatable bonds is 5. The van der Waals surface area contributed by atoms with E-state index in [9.17, 15) is 14.9 Å². The van der Waals surface area contributed by atoms with Crippen molar-refractivity contribution in [3.8, 4) is 17.5 Å². The highest BCUT2D eigenvalue weighted by Crippen LogP contribution is 2.14. The highest BCUT2D eigenvalue weighted by atomic mass is 32.1. The molecule has 1 amide bonds. The molecule has 4 rings (SSSR count). The van der Waals surface area contributed by atoms with Crippen LogP contribution in [-0.4, -0.2) is 17.6 Å². The molecule has 0 radical (unpaired) electrons. The van der Waals surface area contributed by atoms with Crippen molar-refractivity contribution in [1.29, 1.82) is 5.26 Å². The van der Waals surface area contributed by atoms with E-state index in [0.29, 0.717) is 21.7 Å². The quantitative estimate of drug-likeness (QED) is 0.488. The zero-order valence-electron chi connectivity index (χ0n) is 18.6. The minimum absolute atomic E-state index is 0.141. The first-order valence-corrected chi connectivity index (χ1v) is 11.3. The monoisotopic (exact) mass is 467 g/mol. The molecule has 6 nitrogen and oxygen atoms in total. The van der Waals surface area contributed by atoms with Crippen molar-refractivity contribution in [3.63, 3.8) is 0 Å². The first-order chi connectivity index (χ1) is 16.5. The fourth-order valence-electron chi connectivity index (χ4n) is 3.46. The van der Waals surface area contributed by atoms with Gasteiger partial charge >= 0.3 is 0 Å². The molecule has 0 atom stereocenters. The molecule has 34 heavy (non-hydrogen) atoms. The van der Waals surface area contributed by atoms with E-state index >= 15 is 0 Å². The van der Waals surface area contributed by atoms with E-state index in [-0.39, 0.29) is 15.8 Å². The van der Waals surface area contributed by atoms with Gasteiger partial charge in [0.2, 0.25) is 0 Å². The van der Waals surface area contributed by atoms with Gasteiger partial charge in [0.25, 0.3) is 11.5 Å². The number of benzene rings is 3. The van der Waals surface area contributed by atoms with Crippen molar-refractivity contribution in [2.45, 2.75) is 6.92 Å². The van der Waals surface area contributed by atoms with Gasteiger partial charge in [-0.3, -0.25) is 14.2 Å². The molecule has 0 unspecified atom stereocenters. The molecule has 0 spiro atoms. The fraction of sp³-hybridized carbons (Fsp3) is 0.0741. The maximum absolute atomic E-state index is 13.5. The fourth-order valence-corrected chi connectivity index (χ4v) is 4.56. The Labute approximate surface area is 200 Å². The third-order valence-corrected chi connectivity index (χ3v) is 6.15. The number of hydrogen-bond donors (Lipinski definition) is 1. The first-order valence-electron chi connectivity index (χ1n) is 10.5. The van der Waals surface area contributed by atoms with Gasteiger partial charge in [-0.1, -0.05) is 42.5 Å². The number of carbonyl (C=O) groups is 1. The number of hydrogen-bond acceptors (Lipinski definition) is 5. The lowest BCUT2D eigenvalue weighted by molar-refractivity contribution is -0.111. The van der Waals surface area contributed by atoms with Crippen LogP contribution in [0.15, 0.2) is 83.7 Å². The van der Waals surface area contributed by atoms with Gasteiger partial charge in [0.05, 0.1) is 17.3 Å². The van der Waals surface area contributed by atoms with Gasteiger partial charge in [-0.05, 0) is 60.5 Å². The third-order valence-electron chi connectivity index (χ3n) is 5.06. The summed E-state index contributed by atoms with van der Waals surface area (Å²) in [7, 11) is 1.58. The number of nitrogens with one attached hydrogen (secondary N) is 1. The second-order valence-corrected chi connectivity index (χ2v) is 8.51. The Bertz CT molecular complexity index is 1580. The minimum atomic E-state index is -0.577. The summed E-state index contributed by atoms with van der Waals surface area (Å²) in [6.07, 6.45) is 1.73. The summed E-state index contributed by atoms with van der Waals surface area (Å²) in [5.41, 5.74) is 2.44. The summed E-state index contributed by atoms with van der Waals surface area (Å²) in [5, 5.41) is 12.7. The third kappa shape index (κ3) is 4.82. The lowest BCUT2D eigenvalue weighted by Gasteiger charge is -2.06. The zero-order chi connectivity index (χ0) is 24.1. The largest absolute Gasteiger partial charge is 0.497 e. The predicted molar refractivity (Wildman–Crippen MR) is 135 cm³/mol. The van der Waals surface area contributed by atoms with Crippen LogP contribution in [0.25, 0.3) is 17.3 Å². The maximum Gasteiger partial charge on any atom is 0.273 e. The molecule has 0 aliphatic carbocycles. The Kier molecular flexibility index (Phi) is 6.72. The number of ether oxygens (including phenoxy) is 1. The van der Waals surface area contributed by atoms with Crippen LogP contribution in [0.5, 0.6) is 5.75 Å². The van der Waals surface area contributed by atoms with Crippen molar-refractivity contribution in [1.82, 2.24) is 4.57 Å². The molecule has 0 fully saturated rings. The van der Waals surface area contributed by atoms with Gasteiger partial charge in [0, 0.05) is 5.69 Å². The molecule has 0 saturated carbocycles. The molecular formula is C27H21N3O3S. The molecule has 0 aliphatic rings. The summed E-state index contributed by atoms with van der Waals surface area (Å²) in [4.78, 5) is 26.5. The molecule has 1 N–H and O–H groups in total. The van der Waals surface area contributed by atoms with Crippen molar-refractivity contribution in [2.75, 3.05) is 12.4 Å². The van der Waals surface area contributed by atoms with E-state index in [4.69, 9.17) is 4.74 Å². The number of para-hydroxylation sites is 1. The molecule has 3 aromatic carbocycles. The van der Waals surface area contributed by atoms with Crippen LogP contribution in [-0.2, 0) is 4.79 Å². The van der Waals surface area contributed by atoms with E-state index in [2.05, 4.69) is 5.32 Å². The lowest BCUT2D eigenvalue weighted by Crippen LogP contribution is -2.32. The van der Waals surface area contributed by atoms with Crippen LogP contribution in [0.3, 0.4) is 0 Å². The molecule has 168 valence electrons. The molecule has 0 saturated heterocycles. The van der Waals surface area contributed by atoms with Crippen LogP contribution < -0.4 is 24.8 Å². The highest BCUT2D eigenvalue weighted by Gasteiger charge is 2.17. The number of nitriles is 1. The number of methoxy groups -OCH3 is 1. The second kappa shape index (κ2) is 10.0. The first kappa shape index (κ1) is 22.8. The van der Waals surface area contributed by atoms with Gasteiger partial charge in [0.15, 0.2) is 5.57 Å². The molecular weight excluding hydrogens is 446 g/mol. The molecule has 0 aliphatic heterocycles. The highest BCUT2D eigenvalue weighted by molar-refractivity contribution is 7.07. The van der Waals surface area contributed by atoms with Gasteiger partial charge < -0.3 is 10.1 Å². The topological polar surface area (TPSA) is 84.1 Å². The van der Waals surface area contributed by atoms with Crippen LogP contribution in [0.4, 0.5) is 5.69 Å². The van der Waals surface area contributed by atoms with E-state index in [0.717, 1.165) is 22.5 Å². The van der Waals surface area contributed by atoms with Gasteiger partial charge in [-0.25, -0.2) is 0 Å². The summed E-state index contributed by atoms with van der Waals surface area (Å²) >= 11 is 1.10. The Hall–Kier alpha value is -4.41. The number of thiazole rings is 1. The summed E-state index contributed by atoms with van der Waals surface area (Å²) in [6.45, 7) is 1.91. The second-order valence-electron chi connectivity index (χ2n) is 7.48. The number of anilines is 1. The number of nitrogens with zero attached hydrogens (tertiary/aromatic N) is 2.